The molecule has 23 heavy (non-hydrogen) atoms. The summed E-state index contributed by atoms with van der Waals surface area (Å²) in [6, 6.07) is 8.54. The van der Waals surface area contributed by atoms with E-state index in [1.807, 2.05) is 38.2 Å². The predicted molar refractivity (Wildman–Crippen MR) is 103 cm³/mol. The topological polar surface area (TPSA) is 26.0 Å². The lowest BCUT2D eigenvalue weighted by Crippen LogP contribution is -2.00. The summed E-state index contributed by atoms with van der Waals surface area (Å²) in [6.45, 7) is 13.9. The number of allylic oxidation sites excluding steroid dienone is 8. The van der Waals surface area contributed by atoms with E-state index in [9.17, 15) is 0 Å². The molecule has 120 valence electrons. The number of benzene rings is 1. The smallest absolute Gasteiger partial charge is 0.0387 e. The molecule has 1 heteroatoms. The normalized spacial score (nSPS) is 13.4. The van der Waals surface area contributed by atoms with Gasteiger partial charge in [-0.05, 0) is 61.6 Å². The van der Waals surface area contributed by atoms with Gasteiger partial charge in [-0.15, -0.1) is 0 Å². The van der Waals surface area contributed by atoms with E-state index in [2.05, 4.69) is 50.4 Å². The van der Waals surface area contributed by atoms with Gasteiger partial charge in [0, 0.05) is 5.70 Å². The number of nitrogens with two attached hydrogens (primary N) is 1. The SMILES string of the molecule is C=CC(=C/C)/C=C(\N)C(=C)/C=C(\C=C/C)Cc1cccc(C)c1. The summed E-state index contributed by atoms with van der Waals surface area (Å²) < 4.78 is 0. The lowest BCUT2D eigenvalue weighted by molar-refractivity contribution is 1.17. The monoisotopic (exact) mass is 305 g/mol. The fourth-order valence-electron chi connectivity index (χ4n) is 2.27. The van der Waals surface area contributed by atoms with Crippen LogP contribution in [0.4, 0.5) is 0 Å². The summed E-state index contributed by atoms with van der Waals surface area (Å²) in [5.41, 5.74) is 12.3. The van der Waals surface area contributed by atoms with Crippen molar-refractivity contribution in [2.24, 2.45) is 5.73 Å². The summed E-state index contributed by atoms with van der Waals surface area (Å²) in [5.74, 6) is 0. The van der Waals surface area contributed by atoms with E-state index in [0.29, 0.717) is 5.70 Å². The molecule has 0 saturated heterocycles. The van der Waals surface area contributed by atoms with Gasteiger partial charge in [-0.3, -0.25) is 0 Å². The first kappa shape index (κ1) is 18.5. The number of hydrogen-bond acceptors (Lipinski definition) is 1. The van der Waals surface area contributed by atoms with Crippen molar-refractivity contribution in [3.63, 3.8) is 0 Å². The highest BCUT2D eigenvalue weighted by molar-refractivity contribution is 5.46. The average Bonchev–Trinajstić information content (AvgIpc) is 2.52. The van der Waals surface area contributed by atoms with Crippen molar-refractivity contribution >= 4 is 0 Å². The number of aryl methyl sites for hydroxylation is 1. The molecule has 0 amide bonds. The van der Waals surface area contributed by atoms with Crippen LogP contribution in [-0.4, -0.2) is 0 Å². The van der Waals surface area contributed by atoms with E-state index < -0.39 is 0 Å². The van der Waals surface area contributed by atoms with Crippen LogP contribution in [0.1, 0.15) is 25.0 Å². The Morgan fingerprint density at radius 2 is 1.96 bits per heavy atom. The standard InChI is InChI=1S/C22H27N/c1-6-10-20(15-21-12-9-11-17(4)13-21)14-18(5)22(23)16-19(7-2)8-3/h6-14,16H,2,5,15,23H2,1,3-4H3/b10-6-,19-8-,20-14+,22-16-. The molecule has 0 aliphatic heterocycles. The first-order valence-corrected chi connectivity index (χ1v) is 7.84. The molecule has 1 nitrogen and oxygen atoms in total. The Morgan fingerprint density at radius 1 is 1.22 bits per heavy atom. The Bertz CT molecular complexity index is 682. The maximum absolute atomic E-state index is 6.14. The zero-order valence-electron chi connectivity index (χ0n) is 14.5. The summed E-state index contributed by atoms with van der Waals surface area (Å²) in [7, 11) is 0. The zero-order valence-corrected chi connectivity index (χ0v) is 14.5. The molecular weight excluding hydrogens is 278 g/mol. The highest BCUT2D eigenvalue weighted by Gasteiger charge is 2.01. The molecule has 0 aromatic heterocycles. The minimum atomic E-state index is 0.657. The third-order valence-corrected chi connectivity index (χ3v) is 3.49. The van der Waals surface area contributed by atoms with Crippen LogP contribution in [0.3, 0.4) is 0 Å². The highest BCUT2D eigenvalue weighted by atomic mass is 14.6. The Labute approximate surface area is 140 Å². The molecule has 0 unspecified atom stereocenters. The molecule has 0 aliphatic rings. The molecule has 1 aromatic carbocycles. The van der Waals surface area contributed by atoms with Gasteiger partial charge in [-0.25, -0.2) is 0 Å². The lowest BCUT2D eigenvalue weighted by Gasteiger charge is -2.07. The van der Waals surface area contributed by atoms with E-state index in [1.54, 1.807) is 6.08 Å². The van der Waals surface area contributed by atoms with Crippen LogP contribution >= 0.6 is 0 Å². The van der Waals surface area contributed by atoms with Gasteiger partial charge in [0.2, 0.25) is 0 Å². The van der Waals surface area contributed by atoms with Gasteiger partial charge in [-0.2, -0.15) is 0 Å². The summed E-state index contributed by atoms with van der Waals surface area (Å²) in [6.07, 6.45) is 12.7. The van der Waals surface area contributed by atoms with Crippen LogP contribution in [0, 0.1) is 6.92 Å². The van der Waals surface area contributed by atoms with E-state index in [0.717, 1.165) is 17.6 Å². The van der Waals surface area contributed by atoms with Crippen LogP contribution in [0.15, 0.2) is 96.3 Å². The van der Waals surface area contributed by atoms with Crippen molar-refractivity contribution in [1.82, 2.24) is 0 Å². The van der Waals surface area contributed by atoms with Crippen molar-refractivity contribution in [3.05, 3.63) is 107 Å². The fraction of sp³-hybridized carbons (Fsp3) is 0.182. The van der Waals surface area contributed by atoms with Crippen LogP contribution in [0.5, 0.6) is 0 Å². The Morgan fingerprint density at radius 3 is 2.52 bits per heavy atom. The summed E-state index contributed by atoms with van der Waals surface area (Å²) >= 11 is 0. The summed E-state index contributed by atoms with van der Waals surface area (Å²) in [4.78, 5) is 0. The molecule has 1 aromatic rings. The average molecular weight is 305 g/mol. The van der Waals surface area contributed by atoms with E-state index >= 15 is 0 Å². The predicted octanol–water partition coefficient (Wildman–Crippen LogP) is 5.57. The molecule has 0 spiro atoms. The van der Waals surface area contributed by atoms with Gasteiger partial charge in [0.1, 0.15) is 0 Å². The van der Waals surface area contributed by atoms with Crippen molar-refractivity contribution in [1.29, 1.82) is 0 Å². The minimum absolute atomic E-state index is 0.657. The third kappa shape index (κ3) is 6.39. The second-order valence-electron chi connectivity index (χ2n) is 5.50. The lowest BCUT2D eigenvalue weighted by atomic mass is 10.00. The molecule has 0 saturated carbocycles. The minimum Gasteiger partial charge on any atom is -0.398 e. The highest BCUT2D eigenvalue weighted by Crippen LogP contribution is 2.16. The molecule has 0 fully saturated rings. The Kier molecular flexibility index (Phi) is 7.62. The molecular formula is C22H27N. The van der Waals surface area contributed by atoms with E-state index in [4.69, 9.17) is 5.73 Å². The van der Waals surface area contributed by atoms with Crippen molar-refractivity contribution in [2.75, 3.05) is 0 Å². The maximum Gasteiger partial charge on any atom is 0.0387 e. The van der Waals surface area contributed by atoms with Crippen LogP contribution < -0.4 is 5.73 Å². The molecule has 0 atom stereocenters. The number of hydrogen-bond donors (Lipinski definition) is 1. The van der Waals surface area contributed by atoms with Crippen LogP contribution in [-0.2, 0) is 6.42 Å². The molecule has 0 aliphatic carbocycles. The van der Waals surface area contributed by atoms with Gasteiger partial charge < -0.3 is 5.73 Å². The third-order valence-electron chi connectivity index (χ3n) is 3.49. The molecule has 1 rings (SSSR count). The van der Waals surface area contributed by atoms with Gasteiger partial charge in [0.25, 0.3) is 0 Å². The first-order chi connectivity index (χ1) is 11.0. The van der Waals surface area contributed by atoms with E-state index in [1.165, 1.54) is 16.7 Å². The van der Waals surface area contributed by atoms with Crippen LogP contribution in [0.25, 0.3) is 0 Å². The molecule has 0 heterocycles. The Hall–Kier alpha value is -2.54. The van der Waals surface area contributed by atoms with Crippen molar-refractivity contribution in [3.8, 4) is 0 Å². The van der Waals surface area contributed by atoms with Crippen molar-refractivity contribution < 1.29 is 0 Å². The van der Waals surface area contributed by atoms with Crippen molar-refractivity contribution in [2.45, 2.75) is 27.2 Å². The van der Waals surface area contributed by atoms with Gasteiger partial charge in [0.15, 0.2) is 0 Å². The maximum atomic E-state index is 6.14. The van der Waals surface area contributed by atoms with E-state index in [-0.39, 0.29) is 0 Å². The molecule has 0 bridgehead atoms. The quantitative estimate of drug-likeness (QED) is 0.655. The van der Waals surface area contributed by atoms with Gasteiger partial charge >= 0.3 is 0 Å². The first-order valence-electron chi connectivity index (χ1n) is 7.84. The molecule has 0 radical (unpaired) electrons. The fourth-order valence-corrected chi connectivity index (χ4v) is 2.27. The second kappa shape index (κ2) is 9.47. The number of rotatable bonds is 7. The van der Waals surface area contributed by atoms with Crippen LogP contribution in [0.2, 0.25) is 0 Å². The Balaban J connectivity index is 3.02. The summed E-state index contributed by atoms with van der Waals surface area (Å²) in [5, 5.41) is 0. The molecule has 2 N–H and O–H groups in total. The van der Waals surface area contributed by atoms with Gasteiger partial charge in [0.05, 0.1) is 0 Å². The second-order valence-corrected chi connectivity index (χ2v) is 5.50. The largest absolute Gasteiger partial charge is 0.398 e. The zero-order chi connectivity index (χ0) is 17.2. The van der Waals surface area contributed by atoms with Gasteiger partial charge in [-0.1, -0.05) is 67.3 Å².